The maximum atomic E-state index is 13.0. The Morgan fingerprint density at radius 2 is 1.87 bits per heavy atom. The third kappa shape index (κ3) is 4.64. The van der Waals surface area contributed by atoms with Crippen LogP contribution in [-0.2, 0) is 0 Å². The summed E-state index contributed by atoms with van der Waals surface area (Å²) in [5.74, 6) is 0.407. The minimum atomic E-state index is -0.303. The number of anilines is 1. The average Bonchev–Trinajstić information content (AvgIpc) is 3.22. The predicted octanol–water partition coefficient (Wildman–Crippen LogP) is 4.13. The van der Waals surface area contributed by atoms with Crippen LogP contribution < -0.4 is 4.90 Å². The number of carbonyl (C=O) groups excluding carboxylic acids is 1. The molecule has 0 spiro atoms. The number of carbonyl (C=O) groups is 1. The van der Waals surface area contributed by atoms with Crippen LogP contribution >= 0.6 is 0 Å². The number of hydrogen-bond donors (Lipinski definition) is 0. The lowest BCUT2D eigenvalue weighted by atomic mass is 10.1. The number of hydrogen-bond acceptors (Lipinski definition) is 5. The number of amides is 1. The predicted molar refractivity (Wildman–Crippen MR) is 116 cm³/mol. The van der Waals surface area contributed by atoms with E-state index in [4.69, 9.17) is 4.42 Å². The first kappa shape index (κ1) is 20.4. The van der Waals surface area contributed by atoms with Gasteiger partial charge in [-0.05, 0) is 42.8 Å². The SMILES string of the molecule is Cc1cccc(C(=O)N2CCN(c3oc(/C=C/c4ccc(F)cc4)nc3C#N)CC2)c1. The van der Waals surface area contributed by atoms with Crippen molar-refractivity contribution in [1.29, 1.82) is 5.26 Å². The highest BCUT2D eigenvalue weighted by molar-refractivity contribution is 5.94. The zero-order valence-electron chi connectivity index (χ0n) is 17.1. The van der Waals surface area contributed by atoms with Gasteiger partial charge in [-0.25, -0.2) is 4.39 Å². The molecule has 0 N–H and O–H groups in total. The molecule has 0 bridgehead atoms. The van der Waals surface area contributed by atoms with E-state index in [0.717, 1.165) is 11.1 Å². The zero-order valence-corrected chi connectivity index (χ0v) is 17.1. The summed E-state index contributed by atoms with van der Waals surface area (Å²) in [5.41, 5.74) is 2.73. The third-order valence-corrected chi connectivity index (χ3v) is 5.14. The minimum Gasteiger partial charge on any atom is -0.420 e. The van der Waals surface area contributed by atoms with Gasteiger partial charge in [-0.3, -0.25) is 4.79 Å². The molecule has 3 aromatic rings. The quantitative estimate of drug-likeness (QED) is 0.640. The van der Waals surface area contributed by atoms with Gasteiger partial charge in [-0.15, -0.1) is 0 Å². The van der Waals surface area contributed by atoms with Crippen LogP contribution in [0, 0.1) is 24.1 Å². The lowest BCUT2D eigenvalue weighted by molar-refractivity contribution is 0.0745. The van der Waals surface area contributed by atoms with Crippen molar-refractivity contribution in [2.24, 2.45) is 0 Å². The summed E-state index contributed by atoms with van der Waals surface area (Å²) in [7, 11) is 0. The summed E-state index contributed by atoms with van der Waals surface area (Å²) in [6.45, 7) is 4.10. The largest absolute Gasteiger partial charge is 0.420 e. The highest BCUT2D eigenvalue weighted by atomic mass is 19.1. The van der Waals surface area contributed by atoms with Gasteiger partial charge in [0.25, 0.3) is 5.91 Å². The maximum absolute atomic E-state index is 13.0. The summed E-state index contributed by atoms with van der Waals surface area (Å²) in [6, 6.07) is 15.7. The second-order valence-electron chi connectivity index (χ2n) is 7.35. The van der Waals surface area contributed by atoms with Crippen molar-refractivity contribution in [1.82, 2.24) is 9.88 Å². The standard InChI is InChI=1S/C24H21FN4O2/c1-17-3-2-4-19(15-17)23(30)28-11-13-29(14-12-28)24-21(16-26)27-22(31-24)10-7-18-5-8-20(25)9-6-18/h2-10,15H,11-14H2,1H3/b10-7+. The Balaban J connectivity index is 1.44. The second kappa shape index (κ2) is 8.84. The summed E-state index contributed by atoms with van der Waals surface area (Å²) in [5, 5.41) is 9.46. The lowest BCUT2D eigenvalue weighted by Gasteiger charge is -2.34. The van der Waals surface area contributed by atoms with Crippen LogP contribution in [0.5, 0.6) is 0 Å². The molecule has 1 saturated heterocycles. The summed E-state index contributed by atoms with van der Waals surface area (Å²) >= 11 is 0. The number of nitriles is 1. The van der Waals surface area contributed by atoms with Crippen molar-refractivity contribution < 1.29 is 13.6 Å². The van der Waals surface area contributed by atoms with Gasteiger partial charge in [-0.2, -0.15) is 10.2 Å². The Hall–Kier alpha value is -3.92. The topological polar surface area (TPSA) is 73.4 Å². The van der Waals surface area contributed by atoms with E-state index in [-0.39, 0.29) is 17.4 Å². The van der Waals surface area contributed by atoms with Gasteiger partial charge in [0, 0.05) is 37.8 Å². The van der Waals surface area contributed by atoms with E-state index in [0.29, 0.717) is 43.5 Å². The van der Waals surface area contributed by atoms with Crippen molar-refractivity contribution in [3.8, 4) is 6.07 Å². The number of oxazole rings is 1. The smallest absolute Gasteiger partial charge is 0.253 e. The number of aryl methyl sites for hydroxylation is 1. The van der Waals surface area contributed by atoms with E-state index in [1.807, 2.05) is 41.0 Å². The van der Waals surface area contributed by atoms with Gasteiger partial charge < -0.3 is 14.2 Å². The first-order chi connectivity index (χ1) is 15.0. The highest BCUT2D eigenvalue weighted by Gasteiger charge is 2.26. The van der Waals surface area contributed by atoms with Crippen LogP contribution in [0.2, 0.25) is 0 Å². The van der Waals surface area contributed by atoms with Gasteiger partial charge in [0.15, 0.2) is 0 Å². The first-order valence-corrected chi connectivity index (χ1v) is 9.99. The molecule has 0 saturated carbocycles. The molecule has 1 fully saturated rings. The molecule has 7 heteroatoms. The van der Waals surface area contributed by atoms with Crippen molar-refractivity contribution in [3.63, 3.8) is 0 Å². The summed E-state index contributed by atoms with van der Waals surface area (Å²) in [4.78, 5) is 20.7. The van der Waals surface area contributed by atoms with E-state index >= 15 is 0 Å². The Morgan fingerprint density at radius 1 is 1.13 bits per heavy atom. The van der Waals surface area contributed by atoms with Gasteiger partial charge in [0.05, 0.1) is 0 Å². The molecule has 1 amide bonds. The van der Waals surface area contributed by atoms with Crippen LogP contribution in [0.4, 0.5) is 10.3 Å². The Labute approximate surface area is 179 Å². The van der Waals surface area contributed by atoms with E-state index in [1.54, 1.807) is 24.3 Å². The molecule has 1 aliphatic rings. The van der Waals surface area contributed by atoms with Gasteiger partial charge >= 0.3 is 0 Å². The van der Waals surface area contributed by atoms with Crippen LogP contribution in [0.15, 0.2) is 52.9 Å². The van der Waals surface area contributed by atoms with E-state index in [2.05, 4.69) is 11.1 Å². The molecule has 0 atom stereocenters. The van der Waals surface area contributed by atoms with Gasteiger partial charge in [0.2, 0.25) is 17.5 Å². The van der Waals surface area contributed by atoms with Crippen molar-refractivity contribution in [2.75, 3.05) is 31.1 Å². The molecule has 4 rings (SSSR count). The number of rotatable bonds is 4. The molecule has 31 heavy (non-hydrogen) atoms. The lowest BCUT2D eigenvalue weighted by Crippen LogP contribution is -2.48. The molecule has 0 radical (unpaired) electrons. The van der Waals surface area contributed by atoms with Crippen LogP contribution in [0.25, 0.3) is 12.2 Å². The third-order valence-electron chi connectivity index (χ3n) is 5.14. The molecular weight excluding hydrogens is 395 g/mol. The number of aromatic nitrogens is 1. The number of halogens is 1. The van der Waals surface area contributed by atoms with Crippen LogP contribution in [0.3, 0.4) is 0 Å². The molecule has 6 nitrogen and oxygen atoms in total. The summed E-state index contributed by atoms with van der Waals surface area (Å²) in [6.07, 6.45) is 3.39. The molecule has 2 aromatic carbocycles. The van der Waals surface area contributed by atoms with Gasteiger partial charge in [-0.1, -0.05) is 29.8 Å². The van der Waals surface area contributed by atoms with E-state index in [1.165, 1.54) is 12.1 Å². The molecule has 2 heterocycles. The second-order valence-corrected chi connectivity index (χ2v) is 7.35. The molecule has 0 unspecified atom stereocenters. The Morgan fingerprint density at radius 3 is 2.55 bits per heavy atom. The summed E-state index contributed by atoms with van der Waals surface area (Å²) < 4.78 is 18.8. The zero-order chi connectivity index (χ0) is 21.8. The van der Waals surface area contributed by atoms with Crippen molar-refractivity contribution in [2.45, 2.75) is 6.92 Å². The fraction of sp³-hybridized carbons (Fsp3) is 0.208. The monoisotopic (exact) mass is 416 g/mol. The number of benzene rings is 2. The molecule has 0 aliphatic carbocycles. The normalized spacial score (nSPS) is 14.1. The average molecular weight is 416 g/mol. The van der Waals surface area contributed by atoms with E-state index < -0.39 is 0 Å². The first-order valence-electron chi connectivity index (χ1n) is 9.99. The van der Waals surface area contributed by atoms with Crippen LogP contribution in [-0.4, -0.2) is 42.0 Å². The fourth-order valence-electron chi connectivity index (χ4n) is 3.50. The Bertz CT molecular complexity index is 1150. The van der Waals surface area contributed by atoms with Crippen molar-refractivity contribution >= 4 is 23.9 Å². The number of piperazine rings is 1. The molecule has 1 aliphatic heterocycles. The maximum Gasteiger partial charge on any atom is 0.253 e. The Kier molecular flexibility index (Phi) is 5.80. The highest BCUT2D eigenvalue weighted by Crippen LogP contribution is 2.24. The van der Waals surface area contributed by atoms with Crippen LogP contribution in [0.1, 0.15) is 33.1 Å². The fourth-order valence-corrected chi connectivity index (χ4v) is 3.50. The number of nitrogens with zero attached hydrogens (tertiary/aromatic N) is 4. The minimum absolute atomic E-state index is 0.00402. The molecule has 1 aromatic heterocycles. The van der Waals surface area contributed by atoms with Crippen molar-refractivity contribution in [3.05, 3.63) is 82.6 Å². The van der Waals surface area contributed by atoms with E-state index in [9.17, 15) is 14.4 Å². The molecule has 156 valence electrons. The molecular formula is C24H21FN4O2. The van der Waals surface area contributed by atoms with Gasteiger partial charge in [0.1, 0.15) is 11.9 Å².